The van der Waals surface area contributed by atoms with Crippen molar-refractivity contribution in [2.45, 2.75) is 13.0 Å². The molecule has 86 valence electrons. The SMILES string of the molecule is Br.Br.CC1CNCCN1c1ccccc1. The molecule has 0 amide bonds. The second-order valence-corrected chi connectivity index (χ2v) is 3.58. The van der Waals surface area contributed by atoms with Crippen molar-refractivity contribution in [3.63, 3.8) is 0 Å². The first kappa shape index (κ1) is 14.9. The second-order valence-electron chi connectivity index (χ2n) is 3.58. The average Bonchev–Trinajstić information content (AvgIpc) is 2.20. The van der Waals surface area contributed by atoms with E-state index in [1.54, 1.807) is 0 Å². The summed E-state index contributed by atoms with van der Waals surface area (Å²) in [6.45, 7) is 5.57. The average molecular weight is 338 g/mol. The Balaban J connectivity index is 0.000000980. The van der Waals surface area contributed by atoms with Crippen LogP contribution in [0, 0.1) is 0 Å². The number of nitrogens with zero attached hydrogens (tertiary/aromatic N) is 1. The van der Waals surface area contributed by atoms with Crippen LogP contribution in [0.2, 0.25) is 0 Å². The van der Waals surface area contributed by atoms with Crippen LogP contribution in [0.4, 0.5) is 5.69 Å². The Kier molecular flexibility index (Phi) is 7.22. The van der Waals surface area contributed by atoms with Crippen LogP contribution in [0.25, 0.3) is 0 Å². The molecule has 2 nitrogen and oxygen atoms in total. The number of rotatable bonds is 1. The predicted molar refractivity (Wildman–Crippen MR) is 76.8 cm³/mol. The van der Waals surface area contributed by atoms with Crippen molar-refractivity contribution in [2.75, 3.05) is 24.5 Å². The van der Waals surface area contributed by atoms with Gasteiger partial charge in [0.05, 0.1) is 0 Å². The summed E-state index contributed by atoms with van der Waals surface area (Å²) in [5.41, 5.74) is 1.34. The van der Waals surface area contributed by atoms with Crippen molar-refractivity contribution in [3.05, 3.63) is 30.3 Å². The molecule has 0 radical (unpaired) electrons. The summed E-state index contributed by atoms with van der Waals surface area (Å²) in [5.74, 6) is 0. The van der Waals surface area contributed by atoms with E-state index in [0.717, 1.165) is 19.6 Å². The largest absolute Gasteiger partial charge is 0.366 e. The lowest BCUT2D eigenvalue weighted by Gasteiger charge is -2.35. The van der Waals surface area contributed by atoms with Gasteiger partial charge in [-0.3, -0.25) is 0 Å². The van der Waals surface area contributed by atoms with Crippen molar-refractivity contribution in [2.24, 2.45) is 0 Å². The smallest absolute Gasteiger partial charge is 0.0386 e. The molecule has 0 bridgehead atoms. The maximum absolute atomic E-state index is 3.39. The molecule has 1 unspecified atom stereocenters. The lowest BCUT2D eigenvalue weighted by atomic mass is 10.2. The Hall–Kier alpha value is -0.0600. The van der Waals surface area contributed by atoms with E-state index in [1.165, 1.54) is 5.69 Å². The van der Waals surface area contributed by atoms with Crippen molar-refractivity contribution in [1.82, 2.24) is 5.32 Å². The van der Waals surface area contributed by atoms with Crippen LogP contribution in [0.5, 0.6) is 0 Å². The van der Waals surface area contributed by atoms with E-state index in [2.05, 4.69) is 47.5 Å². The van der Waals surface area contributed by atoms with Crippen molar-refractivity contribution < 1.29 is 0 Å². The molecule has 1 aliphatic heterocycles. The van der Waals surface area contributed by atoms with Gasteiger partial charge in [-0.25, -0.2) is 0 Å². The zero-order valence-corrected chi connectivity index (χ0v) is 12.3. The zero-order chi connectivity index (χ0) is 9.10. The van der Waals surface area contributed by atoms with E-state index < -0.39 is 0 Å². The van der Waals surface area contributed by atoms with E-state index in [1.807, 2.05) is 0 Å². The fourth-order valence-corrected chi connectivity index (χ4v) is 1.84. The Labute approximate surface area is 113 Å². The topological polar surface area (TPSA) is 15.3 Å². The van der Waals surface area contributed by atoms with Gasteiger partial charge in [-0.05, 0) is 19.1 Å². The highest BCUT2D eigenvalue weighted by Gasteiger charge is 2.17. The van der Waals surface area contributed by atoms with E-state index in [-0.39, 0.29) is 34.0 Å². The van der Waals surface area contributed by atoms with E-state index in [9.17, 15) is 0 Å². The zero-order valence-electron chi connectivity index (χ0n) is 8.85. The molecule has 1 aliphatic rings. The third kappa shape index (κ3) is 3.78. The van der Waals surface area contributed by atoms with Gasteiger partial charge in [0.15, 0.2) is 0 Å². The highest BCUT2D eigenvalue weighted by atomic mass is 79.9. The molecule has 2 rings (SSSR count). The maximum atomic E-state index is 3.39. The van der Waals surface area contributed by atoms with Crippen LogP contribution in [0.15, 0.2) is 30.3 Å². The van der Waals surface area contributed by atoms with E-state index >= 15 is 0 Å². The molecule has 1 N–H and O–H groups in total. The molecule has 0 saturated carbocycles. The Morgan fingerprint density at radius 3 is 2.47 bits per heavy atom. The summed E-state index contributed by atoms with van der Waals surface area (Å²) in [5, 5.41) is 3.39. The molecule has 1 aromatic carbocycles. The molecule has 1 fully saturated rings. The molecule has 0 aromatic heterocycles. The Bertz CT molecular complexity index is 267. The molecule has 0 aliphatic carbocycles. The van der Waals surface area contributed by atoms with Gasteiger partial charge in [0.2, 0.25) is 0 Å². The minimum atomic E-state index is 0. The maximum Gasteiger partial charge on any atom is 0.0386 e. The van der Waals surface area contributed by atoms with Crippen molar-refractivity contribution in [1.29, 1.82) is 0 Å². The number of hydrogen-bond donors (Lipinski definition) is 1. The highest BCUT2D eigenvalue weighted by molar-refractivity contribution is 8.93. The summed E-state index contributed by atoms with van der Waals surface area (Å²) >= 11 is 0. The lowest BCUT2D eigenvalue weighted by Crippen LogP contribution is -2.49. The first-order chi connectivity index (χ1) is 6.38. The quantitative estimate of drug-likeness (QED) is 0.847. The fraction of sp³-hybridized carbons (Fsp3) is 0.455. The summed E-state index contributed by atoms with van der Waals surface area (Å²) in [7, 11) is 0. The minimum Gasteiger partial charge on any atom is -0.366 e. The monoisotopic (exact) mass is 336 g/mol. The van der Waals surface area contributed by atoms with Gasteiger partial charge in [-0.2, -0.15) is 0 Å². The van der Waals surface area contributed by atoms with Crippen LogP contribution >= 0.6 is 34.0 Å². The number of benzene rings is 1. The third-order valence-corrected chi connectivity index (χ3v) is 2.59. The normalized spacial score (nSPS) is 20.1. The molecular weight excluding hydrogens is 320 g/mol. The van der Waals surface area contributed by atoms with Gasteiger partial charge >= 0.3 is 0 Å². The molecule has 0 spiro atoms. The van der Waals surface area contributed by atoms with Gasteiger partial charge in [0, 0.05) is 31.4 Å². The molecule has 4 heteroatoms. The van der Waals surface area contributed by atoms with Crippen LogP contribution in [-0.2, 0) is 0 Å². The van der Waals surface area contributed by atoms with E-state index in [4.69, 9.17) is 0 Å². The van der Waals surface area contributed by atoms with E-state index in [0.29, 0.717) is 6.04 Å². The molecule has 1 aromatic rings. The highest BCUT2D eigenvalue weighted by Crippen LogP contribution is 2.16. The van der Waals surface area contributed by atoms with Crippen LogP contribution in [0.3, 0.4) is 0 Å². The lowest BCUT2D eigenvalue weighted by molar-refractivity contribution is 0.501. The van der Waals surface area contributed by atoms with Crippen molar-refractivity contribution >= 4 is 39.7 Å². The molecule has 1 heterocycles. The van der Waals surface area contributed by atoms with Crippen molar-refractivity contribution in [3.8, 4) is 0 Å². The summed E-state index contributed by atoms with van der Waals surface area (Å²) < 4.78 is 0. The minimum absolute atomic E-state index is 0. The van der Waals surface area contributed by atoms with Crippen LogP contribution < -0.4 is 10.2 Å². The molecule has 1 saturated heterocycles. The number of halogens is 2. The summed E-state index contributed by atoms with van der Waals surface area (Å²) in [4.78, 5) is 2.45. The third-order valence-electron chi connectivity index (χ3n) is 2.59. The predicted octanol–water partition coefficient (Wildman–Crippen LogP) is 2.64. The summed E-state index contributed by atoms with van der Waals surface area (Å²) in [6, 6.07) is 11.2. The number of nitrogens with one attached hydrogen (secondary N) is 1. The van der Waals surface area contributed by atoms with Gasteiger partial charge < -0.3 is 10.2 Å². The number of para-hydroxylation sites is 1. The van der Waals surface area contributed by atoms with Gasteiger partial charge in [-0.1, -0.05) is 18.2 Å². The first-order valence-corrected chi connectivity index (χ1v) is 4.90. The van der Waals surface area contributed by atoms with Crippen LogP contribution in [-0.4, -0.2) is 25.7 Å². The standard InChI is InChI=1S/C11H16N2.2BrH/c1-10-9-12-7-8-13(10)11-5-3-2-4-6-11;;/h2-6,10,12H,7-9H2,1H3;2*1H. The Morgan fingerprint density at radius 1 is 1.20 bits per heavy atom. The van der Waals surface area contributed by atoms with Crippen LogP contribution in [0.1, 0.15) is 6.92 Å². The van der Waals surface area contributed by atoms with Gasteiger partial charge in [-0.15, -0.1) is 34.0 Å². The first-order valence-electron chi connectivity index (χ1n) is 4.90. The molecule has 1 atom stereocenters. The van der Waals surface area contributed by atoms with Gasteiger partial charge in [0.25, 0.3) is 0 Å². The van der Waals surface area contributed by atoms with Gasteiger partial charge in [0.1, 0.15) is 0 Å². The number of piperazine rings is 1. The molecular formula is C11H18Br2N2. The number of anilines is 1. The fourth-order valence-electron chi connectivity index (χ4n) is 1.84. The Morgan fingerprint density at radius 2 is 1.87 bits per heavy atom. The molecule has 15 heavy (non-hydrogen) atoms. The summed E-state index contributed by atoms with van der Waals surface area (Å²) in [6.07, 6.45) is 0. The second kappa shape index (κ2) is 7.25. The number of hydrogen-bond acceptors (Lipinski definition) is 2.